The van der Waals surface area contributed by atoms with Crippen LogP contribution in [0.1, 0.15) is 15.9 Å². The SMILES string of the molecule is O=C(O)c1ccc2c(c1)-c1cc3c(cc1NC2)N(c1ccccc1)CNS3. The van der Waals surface area contributed by atoms with Gasteiger partial charge >= 0.3 is 5.97 Å². The third kappa shape index (κ3) is 2.74. The Labute approximate surface area is 161 Å². The summed E-state index contributed by atoms with van der Waals surface area (Å²) in [6.07, 6.45) is 0. The van der Waals surface area contributed by atoms with Gasteiger partial charge in [-0.25, -0.2) is 9.52 Å². The van der Waals surface area contributed by atoms with Crippen molar-refractivity contribution in [3.63, 3.8) is 0 Å². The Balaban J connectivity index is 1.64. The molecule has 0 aromatic heterocycles. The zero-order chi connectivity index (χ0) is 18.4. The predicted octanol–water partition coefficient (Wildman–Crippen LogP) is 4.68. The molecule has 3 aromatic rings. The van der Waals surface area contributed by atoms with Crippen LogP contribution < -0.4 is 14.9 Å². The minimum atomic E-state index is -0.901. The zero-order valence-electron chi connectivity index (χ0n) is 14.4. The Morgan fingerprint density at radius 3 is 2.70 bits per heavy atom. The second kappa shape index (κ2) is 6.33. The molecule has 0 radical (unpaired) electrons. The van der Waals surface area contributed by atoms with E-state index in [2.05, 4.69) is 39.2 Å². The lowest BCUT2D eigenvalue weighted by Crippen LogP contribution is -2.31. The van der Waals surface area contributed by atoms with Crippen molar-refractivity contribution in [2.45, 2.75) is 11.4 Å². The average molecular weight is 375 g/mol. The molecule has 3 aromatic carbocycles. The van der Waals surface area contributed by atoms with Crippen LogP contribution in [-0.4, -0.2) is 17.7 Å². The van der Waals surface area contributed by atoms with E-state index >= 15 is 0 Å². The molecule has 0 bridgehead atoms. The first-order valence-corrected chi connectivity index (χ1v) is 9.53. The first-order chi connectivity index (χ1) is 13.2. The highest BCUT2D eigenvalue weighted by molar-refractivity contribution is 7.97. The quantitative estimate of drug-likeness (QED) is 0.565. The molecule has 134 valence electrons. The lowest BCUT2D eigenvalue weighted by molar-refractivity contribution is 0.0697. The zero-order valence-corrected chi connectivity index (χ0v) is 15.2. The summed E-state index contributed by atoms with van der Waals surface area (Å²) in [6.45, 7) is 1.41. The maximum Gasteiger partial charge on any atom is 0.335 e. The van der Waals surface area contributed by atoms with Crippen LogP contribution in [0.5, 0.6) is 0 Å². The van der Waals surface area contributed by atoms with Gasteiger partial charge in [0.05, 0.1) is 17.9 Å². The van der Waals surface area contributed by atoms with Crippen LogP contribution in [0.3, 0.4) is 0 Å². The van der Waals surface area contributed by atoms with Crippen molar-refractivity contribution in [2.24, 2.45) is 0 Å². The molecular formula is C21H17N3O2S. The van der Waals surface area contributed by atoms with Gasteiger partial charge in [0.1, 0.15) is 0 Å². The van der Waals surface area contributed by atoms with E-state index in [9.17, 15) is 9.90 Å². The van der Waals surface area contributed by atoms with Gasteiger partial charge in [-0.05, 0) is 59.5 Å². The molecule has 27 heavy (non-hydrogen) atoms. The number of nitrogens with zero attached hydrogens (tertiary/aromatic N) is 1. The summed E-state index contributed by atoms with van der Waals surface area (Å²) in [7, 11) is 0. The van der Waals surface area contributed by atoms with Crippen LogP contribution in [0.25, 0.3) is 11.1 Å². The van der Waals surface area contributed by atoms with E-state index in [1.165, 1.54) is 0 Å². The van der Waals surface area contributed by atoms with E-state index in [1.807, 2.05) is 24.3 Å². The molecule has 6 heteroatoms. The minimum Gasteiger partial charge on any atom is -0.478 e. The molecule has 2 heterocycles. The van der Waals surface area contributed by atoms with Gasteiger partial charge in [0.2, 0.25) is 0 Å². The van der Waals surface area contributed by atoms with Crippen molar-refractivity contribution in [2.75, 3.05) is 16.9 Å². The summed E-state index contributed by atoms with van der Waals surface area (Å²) < 4.78 is 3.38. The summed E-state index contributed by atoms with van der Waals surface area (Å²) in [5.41, 5.74) is 6.78. The normalized spacial score (nSPS) is 14.6. The van der Waals surface area contributed by atoms with E-state index < -0.39 is 5.97 Å². The number of rotatable bonds is 2. The standard InChI is InChI=1S/C21H17N3O2S/c25-21(26)13-6-7-14-11-22-18-10-19-20(9-17(18)16(14)8-13)27-23-12-24(19)15-4-2-1-3-5-15/h1-10,22-23H,11-12H2,(H,25,26). The van der Waals surface area contributed by atoms with Crippen LogP contribution in [-0.2, 0) is 6.54 Å². The van der Waals surface area contributed by atoms with Gasteiger partial charge in [-0.15, -0.1) is 0 Å². The molecule has 0 unspecified atom stereocenters. The number of anilines is 3. The van der Waals surface area contributed by atoms with Crippen LogP contribution >= 0.6 is 11.9 Å². The molecule has 2 aliphatic rings. The Morgan fingerprint density at radius 1 is 1.04 bits per heavy atom. The highest BCUT2D eigenvalue weighted by Gasteiger charge is 2.24. The van der Waals surface area contributed by atoms with Gasteiger partial charge in [-0.1, -0.05) is 24.3 Å². The molecule has 0 aliphatic carbocycles. The smallest absolute Gasteiger partial charge is 0.335 e. The number of carboxylic acids is 1. The summed E-state index contributed by atoms with van der Waals surface area (Å²) in [4.78, 5) is 14.8. The van der Waals surface area contributed by atoms with Crippen molar-refractivity contribution in [1.29, 1.82) is 0 Å². The number of fused-ring (bicyclic) bond motifs is 4. The van der Waals surface area contributed by atoms with Crippen molar-refractivity contribution >= 4 is 35.0 Å². The Kier molecular flexibility index (Phi) is 3.81. The third-order valence-corrected chi connectivity index (χ3v) is 5.80. The summed E-state index contributed by atoms with van der Waals surface area (Å²) in [5, 5.41) is 12.8. The van der Waals surface area contributed by atoms with Gasteiger partial charge < -0.3 is 15.3 Å². The molecule has 0 fully saturated rings. The highest BCUT2D eigenvalue weighted by atomic mass is 32.2. The number of carbonyl (C=O) groups is 1. The third-order valence-electron chi connectivity index (χ3n) is 4.98. The Bertz CT molecular complexity index is 1050. The van der Waals surface area contributed by atoms with Gasteiger partial charge in [0.15, 0.2) is 0 Å². The van der Waals surface area contributed by atoms with Crippen LogP contribution in [0.2, 0.25) is 0 Å². The van der Waals surface area contributed by atoms with Crippen LogP contribution in [0.15, 0.2) is 65.6 Å². The number of para-hydroxylation sites is 1. The van der Waals surface area contributed by atoms with Crippen molar-refractivity contribution in [1.82, 2.24) is 4.72 Å². The van der Waals surface area contributed by atoms with Gasteiger partial charge in [0.25, 0.3) is 0 Å². The summed E-state index contributed by atoms with van der Waals surface area (Å²) in [5.74, 6) is -0.901. The average Bonchev–Trinajstić information content (AvgIpc) is 2.72. The topological polar surface area (TPSA) is 64.6 Å². The van der Waals surface area contributed by atoms with Gasteiger partial charge in [0, 0.05) is 28.4 Å². The van der Waals surface area contributed by atoms with Crippen molar-refractivity contribution in [3.8, 4) is 11.1 Å². The predicted molar refractivity (Wildman–Crippen MR) is 109 cm³/mol. The minimum absolute atomic E-state index is 0.316. The van der Waals surface area contributed by atoms with E-state index in [0.29, 0.717) is 12.1 Å². The molecule has 0 saturated carbocycles. The fraction of sp³-hybridized carbons (Fsp3) is 0.0952. The Morgan fingerprint density at radius 2 is 1.89 bits per heavy atom. The number of hydrogen-bond donors (Lipinski definition) is 3. The Hall–Kier alpha value is -2.96. The molecule has 5 nitrogen and oxygen atoms in total. The molecule has 0 amide bonds. The van der Waals surface area contributed by atoms with Gasteiger partial charge in [-0.2, -0.15) is 0 Å². The fourth-order valence-corrected chi connectivity index (χ4v) is 4.43. The number of benzene rings is 3. The largest absolute Gasteiger partial charge is 0.478 e. The monoisotopic (exact) mass is 375 g/mol. The first kappa shape index (κ1) is 16.2. The fourth-order valence-electron chi connectivity index (χ4n) is 3.63. The van der Waals surface area contributed by atoms with E-state index in [1.54, 1.807) is 24.1 Å². The molecule has 3 N–H and O–H groups in total. The number of nitrogens with one attached hydrogen (secondary N) is 2. The van der Waals surface area contributed by atoms with Crippen molar-refractivity contribution < 1.29 is 9.90 Å². The molecule has 0 spiro atoms. The molecule has 0 saturated heterocycles. The summed E-state index contributed by atoms with van der Waals surface area (Å²) >= 11 is 1.61. The number of carboxylic acid groups (broad SMARTS) is 1. The van der Waals surface area contributed by atoms with E-state index in [4.69, 9.17) is 0 Å². The molecule has 0 atom stereocenters. The number of hydrogen-bond acceptors (Lipinski definition) is 5. The second-order valence-corrected chi connectivity index (χ2v) is 7.50. The lowest BCUT2D eigenvalue weighted by Gasteiger charge is -2.33. The lowest BCUT2D eigenvalue weighted by atomic mass is 9.92. The van der Waals surface area contributed by atoms with Gasteiger partial charge in [-0.3, -0.25) is 0 Å². The molecule has 2 aliphatic heterocycles. The van der Waals surface area contributed by atoms with E-state index in [-0.39, 0.29) is 0 Å². The number of aromatic carboxylic acids is 1. The van der Waals surface area contributed by atoms with Crippen LogP contribution in [0.4, 0.5) is 17.1 Å². The first-order valence-electron chi connectivity index (χ1n) is 8.71. The van der Waals surface area contributed by atoms with Crippen LogP contribution in [0, 0.1) is 0 Å². The highest BCUT2D eigenvalue weighted by Crippen LogP contribution is 2.45. The maximum atomic E-state index is 11.4. The second-order valence-electron chi connectivity index (χ2n) is 6.56. The van der Waals surface area contributed by atoms with E-state index in [0.717, 1.165) is 45.3 Å². The molecule has 5 rings (SSSR count). The summed E-state index contributed by atoms with van der Waals surface area (Å²) in [6, 6.07) is 20.0. The van der Waals surface area contributed by atoms with Crippen molar-refractivity contribution in [3.05, 3.63) is 71.8 Å². The molecular weight excluding hydrogens is 358 g/mol. The maximum absolute atomic E-state index is 11.4.